The van der Waals surface area contributed by atoms with Crippen LogP contribution in [0.15, 0.2) is 29.2 Å². The molecule has 1 aromatic carbocycles. The molecule has 6 nitrogen and oxygen atoms in total. The van der Waals surface area contributed by atoms with Gasteiger partial charge in [-0.3, -0.25) is 10.1 Å². The highest BCUT2D eigenvalue weighted by Crippen LogP contribution is 2.26. The molecular formula is C10H12Cl2N2O4S. The van der Waals surface area contributed by atoms with Gasteiger partial charge in [0, 0.05) is 30.9 Å². The summed E-state index contributed by atoms with van der Waals surface area (Å²) in [7, 11) is -3.98. The lowest BCUT2D eigenvalue weighted by molar-refractivity contribution is -0.387. The lowest BCUT2D eigenvalue weighted by Crippen LogP contribution is -2.34. The van der Waals surface area contributed by atoms with Crippen molar-refractivity contribution in [3.05, 3.63) is 34.4 Å². The first-order chi connectivity index (χ1) is 8.95. The van der Waals surface area contributed by atoms with E-state index >= 15 is 0 Å². The highest BCUT2D eigenvalue weighted by atomic mass is 35.5. The molecule has 0 aliphatic rings. The van der Waals surface area contributed by atoms with Gasteiger partial charge in [-0.15, -0.1) is 23.2 Å². The quantitative estimate of drug-likeness (QED) is 0.436. The molecule has 0 aliphatic heterocycles. The largest absolute Gasteiger partial charge is 0.289 e. The molecule has 0 amide bonds. The zero-order chi connectivity index (χ0) is 14.5. The van der Waals surface area contributed by atoms with Crippen molar-refractivity contribution in [1.29, 1.82) is 0 Å². The van der Waals surface area contributed by atoms with Crippen LogP contribution in [0.25, 0.3) is 0 Å². The average Bonchev–Trinajstić information content (AvgIpc) is 2.38. The Balaban J connectivity index is 3.29. The lowest BCUT2D eigenvalue weighted by Gasteiger charge is -2.19. The number of sulfonamides is 1. The van der Waals surface area contributed by atoms with Gasteiger partial charge in [-0.1, -0.05) is 12.1 Å². The summed E-state index contributed by atoms with van der Waals surface area (Å²) in [4.78, 5) is 9.80. The molecule has 9 heteroatoms. The molecule has 106 valence electrons. The minimum Gasteiger partial charge on any atom is -0.258 e. The van der Waals surface area contributed by atoms with Crippen molar-refractivity contribution in [3.63, 3.8) is 0 Å². The Morgan fingerprint density at radius 1 is 1.16 bits per heavy atom. The van der Waals surface area contributed by atoms with Gasteiger partial charge in [-0.05, 0) is 6.07 Å². The van der Waals surface area contributed by atoms with E-state index in [4.69, 9.17) is 23.2 Å². The Hall–Kier alpha value is -0.890. The fourth-order valence-electron chi connectivity index (χ4n) is 1.51. The van der Waals surface area contributed by atoms with Crippen molar-refractivity contribution < 1.29 is 13.3 Å². The molecule has 1 rings (SSSR count). The van der Waals surface area contributed by atoms with Gasteiger partial charge in [-0.2, -0.15) is 4.31 Å². The minimum absolute atomic E-state index is 0.0443. The third-order valence-corrected chi connectivity index (χ3v) is 4.63. The molecule has 0 radical (unpaired) electrons. The van der Waals surface area contributed by atoms with E-state index in [0.29, 0.717) is 0 Å². The SMILES string of the molecule is O=[N+]([O-])c1ccccc1S(=O)(=O)N(CCCl)CCCl. The summed E-state index contributed by atoms with van der Waals surface area (Å²) in [6, 6.07) is 5.18. The number of nitro benzene ring substituents is 1. The van der Waals surface area contributed by atoms with Gasteiger partial charge < -0.3 is 0 Å². The third-order valence-electron chi connectivity index (χ3n) is 2.35. The van der Waals surface area contributed by atoms with Gasteiger partial charge in [-0.25, -0.2) is 8.42 Å². The van der Waals surface area contributed by atoms with Crippen LogP contribution in [0, 0.1) is 10.1 Å². The molecule has 0 aromatic heterocycles. The molecular weight excluding hydrogens is 315 g/mol. The smallest absolute Gasteiger partial charge is 0.258 e. The summed E-state index contributed by atoms with van der Waals surface area (Å²) >= 11 is 11.1. The number of halogens is 2. The van der Waals surface area contributed by atoms with Crippen molar-refractivity contribution in [1.82, 2.24) is 4.31 Å². The predicted octanol–water partition coefficient (Wildman–Crippen LogP) is 2.06. The molecule has 0 atom stereocenters. The molecule has 0 N–H and O–H groups in total. The lowest BCUT2D eigenvalue weighted by atomic mass is 10.3. The highest BCUT2D eigenvalue weighted by Gasteiger charge is 2.30. The van der Waals surface area contributed by atoms with Gasteiger partial charge in [0.15, 0.2) is 4.90 Å². The van der Waals surface area contributed by atoms with E-state index in [1.54, 1.807) is 0 Å². The fourth-order valence-corrected chi connectivity index (χ4v) is 3.71. The van der Waals surface area contributed by atoms with Crippen molar-refractivity contribution in [2.75, 3.05) is 24.8 Å². The van der Waals surface area contributed by atoms with Crippen LogP contribution in [0.2, 0.25) is 0 Å². The van der Waals surface area contributed by atoms with Gasteiger partial charge in [0.25, 0.3) is 5.69 Å². The van der Waals surface area contributed by atoms with Crippen LogP contribution in [-0.2, 0) is 10.0 Å². The van der Waals surface area contributed by atoms with Gasteiger partial charge >= 0.3 is 0 Å². The maximum absolute atomic E-state index is 12.3. The normalized spacial score (nSPS) is 11.7. The van der Waals surface area contributed by atoms with Crippen LogP contribution >= 0.6 is 23.2 Å². The average molecular weight is 327 g/mol. The van der Waals surface area contributed by atoms with Crippen molar-refractivity contribution in [2.45, 2.75) is 4.90 Å². The van der Waals surface area contributed by atoms with E-state index in [1.165, 1.54) is 18.2 Å². The molecule has 1 aromatic rings. The number of rotatable bonds is 7. The summed E-state index contributed by atoms with van der Waals surface area (Å²) in [6.07, 6.45) is 0. The summed E-state index contributed by atoms with van der Waals surface area (Å²) in [6.45, 7) is 0.0886. The number of benzene rings is 1. The molecule has 0 unspecified atom stereocenters. The monoisotopic (exact) mass is 326 g/mol. The second kappa shape index (κ2) is 7.04. The zero-order valence-electron chi connectivity index (χ0n) is 9.83. The fraction of sp³-hybridized carbons (Fsp3) is 0.400. The van der Waals surface area contributed by atoms with E-state index in [1.807, 2.05) is 0 Å². The molecule has 0 bridgehead atoms. The van der Waals surface area contributed by atoms with Gasteiger partial charge in [0.1, 0.15) is 0 Å². The van der Waals surface area contributed by atoms with E-state index < -0.39 is 20.6 Å². The van der Waals surface area contributed by atoms with Crippen LogP contribution in [0.5, 0.6) is 0 Å². The van der Waals surface area contributed by atoms with E-state index in [0.717, 1.165) is 10.4 Å². The van der Waals surface area contributed by atoms with Gasteiger partial charge in [0.05, 0.1) is 4.92 Å². The van der Waals surface area contributed by atoms with Crippen LogP contribution in [0.1, 0.15) is 0 Å². The standard InChI is InChI=1S/C10H12Cl2N2O4S/c11-5-7-13(8-6-12)19(17,18)10-4-2-1-3-9(10)14(15)16/h1-4H,5-8H2. The Labute approximate surface area is 121 Å². The first kappa shape index (κ1) is 16.2. The predicted molar refractivity (Wildman–Crippen MR) is 73.3 cm³/mol. The number of hydrogen-bond acceptors (Lipinski definition) is 4. The Bertz CT molecular complexity index is 544. The number of para-hydroxylation sites is 1. The number of hydrogen-bond donors (Lipinski definition) is 0. The van der Waals surface area contributed by atoms with Crippen molar-refractivity contribution in [2.24, 2.45) is 0 Å². The maximum atomic E-state index is 12.3. The zero-order valence-corrected chi connectivity index (χ0v) is 12.2. The molecule has 0 fully saturated rings. The number of nitro groups is 1. The number of nitrogens with zero attached hydrogens (tertiary/aromatic N) is 2. The molecule has 0 saturated carbocycles. The van der Waals surface area contributed by atoms with Crippen LogP contribution in [0.3, 0.4) is 0 Å². The molecule has 0 heterocycles. The molecule has 0 saturated heterocycles. The molecule has 0 spiro atoms. The molecule has 0 aliphatic carbocycles. The molecule has 19 heavy (non-hydrogen) atoms. The Morgan fingerprint density at radius 2 is 1.68 bits per heavy atom. The first-order valence-electron chi connectivity index (χ1n) is 5.30. The van der Waals surface area contributed by atoms with Gasteiger partial charge in [0.2, 0.25) is 10.0 Å². The summed E-state index contributed by atoms with van der Waals surface area (Å²) in [5.41, 5.74) is -0.461. The van der Waals surface area contributed by atoms with Crippen molar-refractivity contribution in [3.8, 4) is 0 Å². The summed E-state index contributed by atoms with van der Waals surface area (Å²) in [5, 5.41) is 10.9. The van der Waals surface area contributed by atoms with Crippen molar-refractivity contribution >= 4 is 38.9 Å². The summed E-state index contributed by atoms with van der Waals surface area (Å²) in [5.74, 6) is 0.160. The summed E-state index contributed by atoms with van der Waals surface area (Å²) < 4.78 is 25.7. The van der Waals surface area contributed by atoms with E-state index in [9.17, 15) is 18.5 Å². The highest BCUT2D eigenvalue weighted by molar-refractivity contribution is 7.89. The topological polar surface area (TPSA) is 80.5 Å². The Kier molecular flexibility index (Phi) is 5.99. The first-order valence-corrected chi connectivity index (χ1v) is 7.81. The second-order valence-electron chi connectivity index (χ2n) is 3.51. The maximum Gasteiger partial charge on any atom is 0.289 e. The van der Waals surface area contributed by atoms with Crippen LogP contribution in [0.4, 0.5) is 5.69 Å². The van der Waals surface area contributed by atoms with E-state index in [-0.39, 0.29) is 29.7 Å². The second-order valence-corrected chi connectivity index (χ2v) is 6.17. The Morgan fingerprint density at radius 3 is 2.16 bits per heavy atom. The number of alkyl halides is 2. The third kappa shape index (κ3) is 3.79. The van der Waals surface area contributed by atoms with Crippen LogP contribution in [-0.4, -0.2) is 42.5 Å². The van der Waals surface area contributed by atoms with E-state index in [2.05, 4.69) is 0 Å². The minimum atomic E-state index is -3.98. The van der Waals surface area contributed by atoms with Crippen LogP contribution < -0.4 is 0 Å².